The minimum absolute atomic E-state index is 0.112. The van der Waals surface area contributed by atoms with Gasteiger partial charge in [0.1, 0.15) is 28.7 Å². The molecule has 1 aromatic carbocycles. The molecule has 1 amide bonds. The van der Waals surface area contributed by atoms with Crippen LogP contribution in [0.25, 0.3) is 11.3 Å². The first kappa shape index (κ1) is 27.5. The predicted octanol–water partition coefficient (Wildman–Crippen LogP) is 5.74. The quantitative estimate of drug-likeness (QED) is 0.445. The Kier molecular flexibility index (Phi) is 8.29. The van der Waals surface area contributed by atoms with Crippen LogP contribution in [0.5, 0.6) is 5.75 Å². The normalized spacial score (nSPS) is 21.6. The van der Waals surface area contributed by atoms with E-state index in [4.69, 9.17) is 19.3 Å². The SMILES string of the molecule is CCOC(=O)c1c(C#N)c(-c2ccc(OC3CCC(C)C3)cc2)nn1C1CCCN(C(=O)OC(C)(C)C)C1. The first-order valence-corrected chi connectivity index (χ1v) is 13.5. The standard InChI is InChI=1S/C29H38N4O5/c1-6-36-27(34)26-24(17-30)25(20-10-13-22(14-11-20)37-23-12-9-19(2)16-23)31-33(26)21-8-7-15-32(18-21)28(35)38-29(3,4)5/h10-11,13-14,19,21,23H,6-9,12,15-16,18H2,1-5H3. The largest absolute Gasteiger partial charge is 0.490 e. The molecule has 1 aliphatic heterocycles. The smallest absolute Gasteiger partial charge is 0.410 e. The summed E-state index contributed by atoms with van der Waals surface area (Å²) in [7, 11) is 0. The lowest BCUT2D eigenvalue weighted by molar-refractivity contribution is 0.0165. The van der Waals surface area contributed by atoms with Gasteiger partial charge in [0.2, 0.25) is 0 Å². The predicted molar refractivity (Wildman–Crippen MR) is 142 cm³/mol. The Morgan fingerprint density at radius 2 is 1.89 bits per heavy atom. The first-order chi connectivity index (χ1) is 18.1. The average molecular weight is 523 g/mol. The summed E-state index contributed by atoms with van der Waals surface area (Å²) in [6.45, 7) is 10.5. The molecule has 2 heterocycles. The van der Waals surface area contributed by atoms with Crippen molar-refractivity contribution < 1.29 is 23.8 Å². The Labute approximate surface area is 224 Å². The van der Waals surface area contributed by atoms with Crippen molar-refractivity contribution in [2.45, 2.75) is 84.5 Å². The Morgan fingerprint density at radius 3 is 2.50 bits per heavy atom. The van der Waals surface area contributed by atoms with E-state index in [2.05, 4.69) is 13.0 Å². The minimum Gasteiger partial charge on any atom is -0.490 e. The van der Waals surface area contributed by atoms with Gasteiger partial charge in [-0.05, 0) is 90.0 Å². The third kappa shape index (κ3) is 6.29. The average Bonchev–Trinajstić information content (AvgIpc) is 3.47. The highest BCUT2D eigenvalue weighted by Crippen LogP contribution is 2.33. The van der Waals surface area contributed by atoms with Gasteiger partial charge in [0.15, 0.2) is 5.69 Å². The number of nitriles is 1. The summed E-state index contributed by atoms with van der Waals surface area (Å²) in [5.41, 5.74) is 0.777. The van der Waals surface area contributed by atoms with E-state index in [0.29, 0.717) is 36.7 Å². The maximum atomic E-state index is 13.1. The Bertz CT molecular complexity index is 1190. The van der Waals surface area contributed by atoms with Gasteiger partial charge in [0.05, 0.1) is 18.8 Å². The van der Waals surface area contributed by atoms with Gasteiger partial charge in [0, 0.05) is 18.7 Å². The van der Waals surface area contributed by atoms with E-state index in [1.54, 1.807) is 16.5 Å². The second kappa shape index (κ2) is 11.5. The van der Waals surface area contributed by atoms with Crippen molar-refractivity contribution in [3.05, 3.63) is 35.5 Å². The molecule has 1 aliphatic carbocycles. The minimum atomic E-state index is -0.612. The monoisotopic (exact) mass is 522 g/mol. The number of nitrogens with zero attached hydrogens (tertiary/aromatic N) is 4. The Morgan fingerprint density at radius 1 is 1.16 bits per heavy atom. The van der Waals surface area contributed by atoms with Crippen molar-refractivity contribution in [1.29, 1.82) is 5.26 Å². The molecule has 2 aromatic rings. The molecule has 38 heavy (non-hydrogen) atoms. The number of carbonyl (C=O) groups is 2. The fraction of sp³-hybridized carbons (Fsp3) is 0.586. The lowest BCUT2D eigenvalue weighted by Gasteiger charge is -2.34. The van der Waals surface area contributed by atoms with Gasteiger partial charge in [0.25, 0.3) is 0 Å². The molecule has 204 valence electrons. The van der Waals surface area contributed by atoms with Crippen LogP contribution in [0.4, 0.5) is 4.79 Å². The maximum Gasteiger partial charge on any atom is 0.410 e. The van der Waals surface area contributed by atoms with Gasteiger partial charge in [-0.3, -0.25) is 4.68 Å². The van der Waals surface area contributed by atoms with Crippen molar-refractivity contribution in [1.82, 2.24) is 14.7 Å². The molecular weight excluding hydrogens is 484 g/mol. The summed E-state index contributed by atoms with van der Waals surface area (Å²) >= 11 is 0. The highest BCUT2D eigenvalue weighted by atomic mass is 16.6. The van der Waals surface area contributed by atoms with Crippen LogP contribution >= 0.6 is 0 Å². The molecule has 2 fully saturated rings. The van der Waals surface area contributed by atoms with E-state index in [0.717, 1.165) is 25.0 Å². The zero-order chi connectivity index (χ0) is 27.4. The van der Waals surface area contributed by atoms with E-state index in [1.807, 2.05) is 45.0 Å². The van der Waals surface area contributed by atoms with E-state index >= 15 is 0 Å². The Balaban J connectivity index is 1.64. The second-order valence-electron chi connectivity index (χ2n) is 11.3. The van der Waals surface area contributed by atoms with Crippen molar-refractivity contribution in [3.8, 4) is 23.1 Å². The van der Waals surface area contributed by atoms with Gasteiger partial charge >= 0.3 is 12.1 Å². The van der Waals surface area contributed by atoms with Crippen molar-refractivity contribution in [3.63, 3.8) is 0 Å². The fourth-order valence-corrected chi connectivity index (χ4v) is 5.19. The van der Waals surface area contributed by atoms with Gasteiger partial charge in [-0.15, -0.1) is 0 Å². The first-order valence-electron chi connectivity index (χ1n) is 13.5. The summed E-state index contributed by atoms with van der Waals surface area (Å²) < 4.78 is 18.6. The van der Waals surface area contributed by atoms with Gasteiger partial charge in [-0.25, -0.2) is 9.59 Å². The lowest BCUT2D eigenvalue weighted by atomic mass is 10.0. The number of hydrogen-bond donors (Lipinski definition) is 0. The van der Waals surface area contributed by atoms with E-state index in [-0.39, 0.29) is 30.0 Å². The molecule has 1 saturated heterocycles. The molecular formula is C29H38N4O5. The van der Waals surface area contributed by atoms with Crippen LogP contribution in [0.2, 0.25) is 0 Å². The third-order valence-corrected chi connectivity index (χ3v) is 6.96. The van der Waals surface area contributed by atoms with Crippen LogP contribution in [0.3, 0.4) is 0 Å². The number of rotatable bonds is 6. The lowest BCUT2D eigenvalue weighted by Crippen LogP contribution is -2.44. The van der Waals surface area contributed by atoms with Gasteiger partial charge in [-0.2, -0.15) is 10.4 Å². The molecule has 9 nitrogen and oxygen atoms in total. The third-order valence-electron chi connectivity index (χ3n) is 6.96. The van der Waals surface area contributed by atoms with E-state index in [1.165, 1.54) is 6.42 Å². The molecule has 0 N–H and O–H groups in total. The number of piperidine rings is 1. The van der Waals surface area contributed by atoms with Crippen LogP contribution in [0, 0.1) is 17.2 Å². The number of amides is 1. The number of hydrogen-bond acceptors (Lipinski definition) is 7. The summed E-state index contributed by atoms with van der Waals surface area (Å²) in [6.07, 6.45) is 4.51. The molecule has 1 aromatic heterocycles. The van der Waals surface area contributed by atoms with Crippen LogP contribution in [-0.4, -0.2) is 58.1 Å². The number of carbonyl (C=O) groups excluding carboxylic acids is 2. The van der Waals surface area contributed by atoms with Gasteiger partial charge < -0.3 is 19.1 Å². The van der Waals surface area contributed by atoms with E-state index in [9.17, 15) is 14.9 Å². The molecule has 9 heteroatoms. The Hall–Kier alpha value is -3.54. The summed E-state index contributed by atoms with van der Waals surface area (Å²) in [4.78, 5) is 27.4. The molecule has 0 bridgehead atoms. The van der Waals surface area contributed by atoms with Crippen molar-refractivity contribution >= 4 is 12.1 Å². The molecule has 3 atom stereocenters. The van der Waals surface area contributed by atoms with Crippen LogP contribution < -0.4 is 4.74 Å². The van der Waals surface area contributed by atoms with Crippen molar-refractivity contribution in [2.24, 2.45) is 5.92 Å². The maximum absolute atomic E-state index is 13.1. The molecule has 3 unspecified atom stereocenters. The summed E-state index contributed by atoms with van der Waals surface area (Å²) in [6, 6.07) is 9.38. The highest BCUT2D eigenvalue weighted by Gasteiger charge is 2.34. The van der Waals surface area contributed by atoms with Crippen LogP contribution in [-0.2, 0) is 9.47 Å². The molecule has 0 radical (unpaired) electrons. The number of aromatic nitrogens is 2. The number of benzene rings is 1. The number of ether oxygens (including phenoxy) is 3. The van der Waals surface area contributed by atoms with Crippen molar-refractivity contribution in [2.75, 3.05) is 19.7 Å². The molecule has 1 saturated carbocycles. The number of esters is 1. The second-order valence-corrected chi connectivity index (χ2v) is 11.3. The number of likely N-dealkylation sites (tertiary alicyclic amines) is 1. The van der Waals surface area contributed by atoms with E-state index < -0.39 is 17.7 Å². The molecule has 4 rings (SSSR count). The molecule has 0 spiro atoms. The summed E-state index contributed by atoms with van der Waals surface area (Å²) in [5, 5.41) is 14.9. The fourth-order valence-electron chi connectivity index (χ4n) is 5.19. The van der Waals surface area contributed by atoms with Crippen LogP contribution in [0.1, 0.15) is 88.8 Å². The zero-order valence-corrected chi connectivity index (χ0v) is 23.0. The molecule has 2 aliphatic rings. The summed E-state index contributed by atoms with van der Waals surface area (Å²) in [5.74, 6) is 0.845. The van der Waals surface area contributed by atoms with Gasteiger partial charge in [-0.1, -0.05) is 6.92 Å². The van der Waals surface area contributed by atoms with Crippen LogP contribution in [0.15, 0.2) is 24.3 Å². The highest BCUT2D eigenvalue weighted by molar-refractivity contribution is 5.93. The zero-order valence-electron chi connectivity index (χ0n) is 23.0. The topological polar surface area (TPSA) is 107 Å².